The quantitative estimate of drug-likeness (QED) is 0.621. The highest BCUT2D eigenvalue weighted by Crippen LogP contribution is 2.20. The molecule has 21 heavy (non-hydrogen) atoms. The van der Waals surface area contributed by atoms with E-state index in [4.69, 9.17) is 5.73 Å². The van der Waals surface area contributed by atoms with Gasteiger partial charge in [0.05, 0.1) is 5.75 Å². The second-order valence-electron chi connectivity index (χ2n) is 4.62. The number of anilines is 1. The van der Waals surface area contributed by atoms with Gasteiger partial charge in [-0.15, -0.1) is 11.8 Å². The van der Waals surface area contributed by atoms with E-state index >= 15 is 0 Å². The molecule has 1 aromatic carbocycles. The molecule has 0 atom stereocenters. The minimum atomic E-state index is -3.22. The zero-order chi connectivity index (χ0) is 15.3. The van der Waals surface area contributed by atoms with Crippen molar-refractivity contribution in [2.75, 3.05) is 24.3 Å². The second kappa shape index (κ2) is 7.31. The molecule has 0 aliphatic rings. The molecule has 0 aliphatic carbocycles. The van der Waals surface area contributed by atoms with Crippen molar-refractivity contribution in [3.63, 3.8) is 0 Å². The highest BCUT2D eigenvalue weighted by atomic mass is 32.2. The van der Waals surface area contributed by atoms with Gasteiger partial charge in [0.2, 0.25) is 10.0 Å². The number of sulfonamides is 1. The Labute approximate surface area is 134 Å². The van der Waals surface area contributed by atoms with Crippen molar-refractivity contribution in [2.45, 2.75) is 11.4 Å². The minimum absolute atomic E-state index is 0.128. The lowest BCUT2D eigenvalue weighted by Gasteiger charge is -2.16. The molecule has 1 aromatic heterocycles. The lowest BCUT2D eigenvalue weighted by molar-refractivity contribution is 0.468. The summed E-state index contributed by atoms with van der Waals surface area (Å²) in [5.41, 5.74) is 7.35. The van der Waals surface area contributed by atoms with Gasteiger partial charge in [-0.25, -0.2) is 12.7 Å². The van der Waals surface area contributed by atoms with E-state index in [9.17, 15) is 8.42 Å². The van der Waals surface area contributed by atoms with Crippen LogP contribution in [0, 0.1) is 0 Å². The monoisotopic (exact) mass is 342 g/mol. The number of rotatable bonds is 7. The third-order valence-electron chi connectivity index (χ3n) is 2.95. The van der Waals surface area contributed by atoms with Crippen molar-refractivity contribution in [3.05, 3.63) is 46.7 Å². The summed E-state index contributed by atoms with van der Waals surface area (Å²) in [6, 6.07) is 9.39. The fraction of sp³-hybridized carbons (Fsp3) is 0.286. The van der Waals surface area contributed by atoms with Gasteiger partial charge < -0.3 is 5.73 Å². The smallest absolute Gasteiger partial charge is 0.214 e. The Kier molecular flexibility index (Phi) is 5.69. The van der Waals surface area contributed by atoms with Crippen molar-refractivity contribution >= 4 is 38.8 Å². The van der Waals surface area contributed by atoms with Gasteiger partial charge in [-0.1, -0.05) is 0 Å². The fourth-order valence-electron chi connectivity index (χ4n) is 1.72. The fourth-order valence-corrected chi connectivity index (χ4v) is 4.78. The van der Waals surface area contributed by atoms with Crippen LogP contribution in [0.5, 0.6) is 0 Å². The molecule has 114 valence electrons. The van der Waals surface area contributed by atoms with E-state index < -0.39 is 10.0 Å². The molecule has 0 spiro atoms. The number of hydrogen-bond donors (Lipinski definition) is 1. The van der Waals surface area contributed by atoms with E-state index in [2.05, 4.69) is 0 Å². The molecule has 0 radical (unpaired) electrons. The van der Waals surface area contributed by atoms with E-state index in [1.807, 2.05) is 41.1 Å². The third kappa shape index (κ3) is 5.03. The average Bonchev–Trinajstić information content (AvgIpc) is 2.94. The summed E-state index contributed by atoms with van der Waals surface area (Å²) in [5, 5.41) is 3.92. The van der Waals surface area contributed by atoms with Gasteiger partial charge in [0.25, 0.3) is 0 Å². The zero-order valence-electron chi connectivity index (χ0n) is 11.7. The van der Waals surface area contributed by atoms with Crippen LogP contribution >= 0.6 is 23.1 Å². The largest absolute Gasteiger partial charge is 0.399 e. The van der Waals surface area contributed by atoms with Gasteiger partial charge >= 0.3 is 0 Å². The zero-order valence-corrected chi connectivity index (χ0v) is 14.2. The molecule has 1 heterocycles. The maximum Gasteiger partial charge on any atom is 0.214 e. The van der Waals surface area contributed by atoms with Crippen LogP contribution in [0.4, 0.5) is 5.69 Å². The first-order valence-electron chi connectivity index (χ1n) is 6.41. The summed E-state index contributed by atoms with van der Waals surface area (Å²) in [5.74, 6) is 0.656. The van der Waals surface area contributed by atoms with Gasteiger partial charge in [-0.2, -0.15) is 11.3 Å². The maximum absolute atomic E-state index is 12.2. The van der Waals surface area contributed by atoms with Gasteiger partial charge in [0.1, 0.15) is 0 Å². The van der Waals surface area contributed by atoms with Crippen LogP contribution in [0.25, 0.3) is 0 Å². The Hall–Kier alpha value is -1.02. The molecule has 0 fully saturated rings. The molecule has 0 saturated carbocycles. The summed E-state index contributed by atoms with van der Waals surface area (Å²) < 4.78 is 25.8. The molecular weight excluding hydrogens is 324 g/mol. The van der Waals surface area contributed by atoms with Crippen LogP contribution < -0.4 is 5.73 Å². The van der Waals surface area contributed by atoms with Gasteiger partial charge in [0.15, 0.2) is 0 Å². The molecule has 2 rings (SSSR count). The van der Waals surface area contributed by atoms with Gasteiger partial charge in [-0.3, -0.25) is 0 Å². The van der Waals surface area contributed by atoms with Crippen molar-refractivity contribution in [2.24, 2.45) is 0 Å². The first-order chi connectivity index (χ1) is 9.97. The Morgan fingerprint density at radius 3 is 2.57 bits per heavy atom. The number of nitrogens with two attached hydrogens (primary N) is 1. The van der Waals surface area contributed by atoms with E-state index in [0.29, 0.717) is 18.0 Å². The summed E-state index contributed by atoms with van der Waals surface area (Å²) in [7, 11) is -1.60. The average molecular weight is 343 g/mol. The molecule has 4 nitrogen and oxygen atoms in total. The molecule has 0 amide bonds. The Bertz CT molecular complexity index is 652. The third-order valence-corrected chi connectivity index (χ3v) is 6.75. The van der Waals surface area contributed by atoms with E-state index in [0.717, 1.165) is 10.5 Å². The van der Waals surface area contributed by atoms with Gasteiger partial charge in [0, 0.05) is 29.9 Å². The molecule has 7 heteroatoms. The maximum atomic E-state index is 12.2. The van der Waals surface area contributed by atoms with Crippen LogP contribution in [0.2, 0.25) is 0 Å². The summed E-state index contributed by atoms with van der Waals surface area (Å²) >= 11 is 3.09. The SMILES string of the molecule is CN(Cc1ccsc1)S(=O)(=O)CCSc1ccc(N)cc1. The Balaban J connectivity index is 1.84. The van der Waals surface area contributed by atoms with Gasteiger partial charge in [-0.05, 0) is 46.7 Å². The lowest BCUT2D eigenvalue weighted by Crippen LogP contribution is -2.29. The molecule has 2 N–H and O–H groups in total. The topological polar surface area (TPSA) is 63.4 Å². The molecular formula is C14H18N2O2S3. The molecule has 0 aliphatic heterocycles. The standard InChI is InChI=1S/C14H18N2O2S3/c1-16(10-12-6-7-19-11-12)21(17,18)9-8-20-14-4-2-13(15)3-5-14/h2-7,11H,8-10,15H2,1H3. The minimum Gasteiger partial charge on any atom is -0.399 e. The number of nitrogens with zero attached hydrogens (tertiary/aromatic N) is 1. The molecule has 0 unspecified atom stereocenters. The lowest BCUT2D eigenvalue weighted by atomic mass is 10.3. The summed E-state index contributed by atoms with van der Waals surface area (Å²) in [6.45, 7) is 0.429. The first kappa shape index (κ1) is 16.4. The second-order valence-corrected chi connectivity index (χ2v) is 8.76. The van der Waals surface area contributed by atoms with Crippen molar-refractivity contribution < 1.29 is 8.42 Å². The van der Waals surface area contributed by atoms with Crippen LogP contribution in [-0.2, 0) is 16.6 Å². The molecule has 0 bridgehead atoms. The highest BCUT2D eigenvalue weighted by Gasteiger charge is 2.17. The molecule has 2 aromatic rings. The number of hydrogen-bond acceptors (Lipinski definition) is 5. The Morgan fingerprint density at radius 1 is 1.24 bits per heavy atom. The van der Waals surface area contributed by atoms with E-state index in [1.54, 1.807) is 18.4 Å². The van der Waals surface area contributed by atoms with Crippen LogP contribution in [-0.4, -0.2) is 31.3 Å². The van der Waals surface area contributed by atoms with E-state index in [1.165, 1.54) is 16.1 Å². The van der Waals surface area contributed by atoms with Crippen LogP contribution in [0.1, 0.15) is 5.56 Å². The van der Waals surface area contributed by atoms with Crippen molar-refractivity contribution in [3.8, 4) is 0 Å². The summed E-state index contributed by atoms with van der Waals surface area (Å²) in [4.78, 5) is 1.03. The number of thiophene rings is 1. The van der Waals surface area contributed by atoms with Crippen LogP contribution in [0.3, 0.4) is 0 Å². The normalized spacial score (nSPS) is 11.9. The predicted molar refractivity (Wildman–Crippen MR) is 91.2 cm³/mol. The molecule has 0 saturated heterocycles. The summed E-state index contributed by atoms with van der Waals surface area (Å²) in [6.07, 6.45) is 0. The number of benzene rings is 1. The Morgan fingerprint density at radius 2 is 1.95 bits per heavy atom. The first-order valence-corrected chi connectivity index (χ1v) is 9.94. The van der Waals surface area contributed by atoms with Crippen LogP contribution in [0.15, 0.2) is 46.0 Å². The number of thioether (sulfide) groups is 1. The number of nitrogen functional groups attached to an aromatic ring is 1. The van der Waals surface area contributed by atoms with Crippen molar-refractivity contribution in [1.82, 2.24) is 4.31 Å². The predicted octanol–water partition coefficient (Wildman–Crippen LogP) is 2.88. The van der Waals surface area contributed by atoms with E-state index in [-0.39, 0.29) is 5.75 Å². The van der Waals surface area contributed by atoms with Crippen molar-refractivity contribution in [1.29, 1.82) is 0 Å². The highest BCUT2D eigenvalue weighted by molar-refractivity contribution is 8.00.